The molecular formula is C26H25N7O2. The molecule has 0 unspecified atom stereocenters. The number of aryl methyl sites for hydroxylation is 1. The minimum Gasteiger partial charge on any atom is -0.477 e. The van der Waals surface area contributed by atoms with Gasteiger partial charge in [-0.25, -0.2) is 19.7 Å². The average molecular weight is 468 g/mol. The van der Waals surface area contributed by atoms with E-state index in [0.29, 0.717) is 22.8 Å². The Hall–Kier alpha value is -4.29. The second-order valence-electron chi connectivity index (χ2n) is 8.60. The summed E-state index contributed by atoms with van der Waals surface area (Å²) in [4.78, 5) is 32.2. The average Bonchev–Trinajstić information content (AvgIpc) is 3.31. The zero-order valence-electron chi connectivity index (χ0n) is 19.2. The van der Waals surface area contributed by atoms with Gasteiger partial charge < -0.3 is 15.0 Å². The van der Waals surface area contributed by atoms with Gasteiger partial charge in [-0.1, -0.05) is 6.07 Å². The topological polar surface area (TPSA) is 122 Å². The standard InChI is InChI=1S/C26H25N7O2/c27-14-18-6-7-23-21(13-18)19(15-28-23)3-2-8-32-9-11-33(12-10-32)26-29-16-20(17-30-26)22-4-1-5-24(31-22)25(34)35/h1,4-7,13,15-17,28H,2-3,8-12H2,(H,34,35). The Bertz CT molecular complexity index is 1380. The van der Waals surface area contributed by atoms with E-state index in [2.05, 4.69) is 42.0 Å². The molecule has 0 aliphatic carbocycles. The highest BCUT2D eigenvalue weighted by molar-refractivity contribution is 5.86. The summed E-state index contributed by atoms with van der Waals surface area (Å²) in [5.74, 6) is -0.383. The van der Waals surface area contributed by atoms with Gasteiger partial charge in [0.25, 0.3) is 0 Å². The number of fused-ring (bicyclic) bond motifs is 1. The highest BCUT2D eigenvalue weighted by Crippen LogP contribution is 2.22. The fourth-order valence-corrected chi connectivity index (χ4v) is 4.45. The maximum absolute atomic E-state index is 11.2. The van der Waals surface area contributed by atoms with Crippen molar-refractivity contribution < 1.29 is 9.90 Å². The Kier molecular flexibility index (Phi) is 6.37. The quantitative estimate of drug-likeness (QED) is 0.424. The number of benzene rings is 1. The fraction of sp³-hybridized carbons (Fsp3) is 0.269. The molecule has 35 heavy (non-hydrogen) atoms. The van der Waals surface area contributed by atoms with E-state index in [0.717, 1.165) is 56.5 Å². The van der Waals surface area contributed by atoms with Crippen LogP contribution in [0.3, 0.4) is 0 Å². The lowest BCUT2D eigenvalue weighted by atomic mass is 10.1. The van der Waals surface area contributed by atoms with Crippen LogP contribution in [0.2, 0.25) is 0 Å². The first kappa shape index (κ1) is 22.5. The van der Waals surface area contributed by atoms with Crippen LogP contribution >= 0.6 is 0 Å². The van der Waals surface area contributed by atoms with Crippen molar-refractivity contribution in [1.29, 1.82) is 5.26 Å². The summed E-state index contributed by atoms with van der Waals surface area (Å²) in [6.07, 6.45) is 7.47. The number of aromatic nitrogens is 4. The van der Waals surface area contributed by atoms with Crippen LogP contribution < -0.4 is 4.90 Å². The number of nitriles is 1. The number of aromatic amines is 1. The van der Waals surface area contributed by atoms with Crippen molar-refractivity contribution in [2.75, 3.05) is 37.6 Å². The summed E-state index contributed by atoms with van der Waals surface area (Å²) in [5, 5.41) is 19.4. The third kappa shape index (κ3) is 4.98. The molecule has 1 aliphatic rings. The Balaban J connectivity index is 1.13. The van der Waals surface area contributed by atoms with Crippen molar-refractivity contribution in [2.45, 2.75) is 12.8 Å². The molecule has 4 heterocycles. The van der Waals surface area contributed by atoms with Crippen molar-refractivity contribution in [2.24, 2.45) is 0 Å². The zero-order chi connectivity index (χ0) is 24.2. The van der Waals surface area contributed by atoms with Gasteiger partial charge in [-0.05, 0) is 55.3 Å². The number of carboxylic acid groups (broad SMARTS) is 1. The first-order chi connectivity index (χ1) is 17.1. The van der Waals surface area contributed by atoms with Crippen molar-refractivity contribution in [1.82, 2.24) is 24.8 Å². The van der Waals surface area contributed by atoms with Crippen molar-refractivity contribution in [3.05, 3.63) is 71.8 Å². The molecule has 4 aromatic rings. The van der Waals surface area contributed by atoms with Crippen LogP contribution in [0.15, 0.2) is 55.0 Å². The zero-order valence-corrected chi connectivity index (χ0v) is 19.2. The molecule has 1 saturated heterocycles. The summed E-state index contributed by atoms with van der Waals surface area (Å²) in [5.41, 5.74) is 4.25. The third-order valence-corrected chi connectivity index (χ3v) is 6.37. The largest absolute Gasteiger partial charge is 0.477 e. The molecule has 2 N–H and O–H groups in total. The Morgan fingerprint density at radius 1 is 1.11 bits per heavy atom. The molecule has 0 spiro atoms. The second-order valence-corrected chi connectivity index (χ2v) is 8.60. The number of carbonyl (C=O) groups is 1. The maximum atomic E-state index is 11.2. The van der Waals surface area contributed by atoms with Crippen molar-refractivity contribution >= 4 is 22.8 Å². The van der Waals surface area contributed by atoms with Gasteiger partial charge in [0.05, 0.1) is 17.3 Å². The lowest BCUT2D eigenvalue weighted by Crippen LogP contribution is -2.47. The molecule has 0 saturated carbocycles. The van der Waals surface area contributed by atoms with Gasteiger partial charge in [-0.15, -0.1) is 0 Å². The van der Waals surface area contributed by atoms with Gasteiger partial charge in [0.1, 0.15) is 5.69 Å². The van der Waals surface area contributed by atoms with E-state index in [9.17, 15) is 4.79 Å². The lowest BCUT2D eigenvalue weighted by Gasteiger charge is -2.34. The van der Waals surface area contributed by atoms with Crippen LogP contribution in [-0.4, -0.2) is 68.6 Å². The molecule has 3 aromatic heterocycles. The van der Waals surface area contributed by atoms with Crippen LogP contribution in [0.25, 0.3) is 22.2 Å². The van der Waals surface area contributed by atoms with E-state index in [-0.39, 0.29) is 5.69 Å². The van der Waals surface area contributed by atoms with E-state index >= 15 is 0 Å². The maximum Gasteiger partial charge on any atom is 0.354 e. The number of nitrogens with one attached hydrogen (secondary N) is 1. The predicted molar refractivity (Wildman–Crippen MR) is 132 cm³/mol. The van der Waals surface area contributed by atoms with Gasteiger partial charge in [-0.3, -0.25) is 4.90 Å². The first-order valence-corrected chi connectivity index (χ1v) is 11.6. The molecule has 0 radical (unpaired) electrons. The molecule has 5 rings (SSSR count). The second kappa shape index (κ2) is 9.91. The van der Waals surface area contributed by atoms with E-state index < -0.39 is 5.97 Å². The highest BCUT2D eigenvalue weighted by atomic mass is 16.4. The number of pyridine rings is 1. The van der Waals surface area contributed by atoms with Gasteiger partial charge in [-0.2, -0.15) is 5.26 Å². The number of anilines is 1. The summed E-state index contributed by atoms with van der Waals surface area (Å²) in [6, 6.07) is 12.9. The van der Waals surface area contributed by atoms with Gasteiger partial charge in [0.2, 0.25) is 5.95 Å². The Morgan fingerprint density at radius 3 is 2.66 bits per heavy atom. The van der Waals surface area contributed by atoms with Gasteiger partial charge >= 0.3 is 5.97 Å². The number of hydrogen-bond donors (Lipinski definition) is 2. The molecule has 1 aliphatic heterocycles. The van der Waals surface area contributed by atoms with Crippen LogP contribution in [0.1, 0.15) is 28.0 Å². The Morgan fingerprint density at radius 2 is 1.91 bits per heavy atom. The smallest absolute Gasteiger partial charge is 0.354 e. The van der Waals surface area contributed by atoms with E-state index in [1.807, 2.05) is 18.2 Å². The van der Waals surface area contributed by atoms with Crippen LogP contribution in [0.5, 0.6) is 0 Å². The molecule has 176 valence electrons. The summed E-state index contributed by atoms with van der Waals surface area (Å²) < 4.78 is 0. The Labute approximate surface area is 202 Å². The van der Waals surface area contributed by atoms with Crippen LogP contribution in [-0.2, 0) is 6.42 Å². The van der Waals surface area contributed by atoms with Crippen molar-refractivity contribution in [3.8, 4) is 17.3 Å². The van der Waals surface area contributed by atoms with E-state index in [1.54, 1.807) is 24.5 Å². The number of hydrogen-bond acceptors (Lipinski definition) is 7. The first-order valence-electron chi connectivity index (χ1n) is 11.6. The molecular weight excluding hydrogens is 442 g/mol. The summed E-state index contributed by atoms with van der Waals surface area (Å²) in [6.45, 7) is 4.61. The number of H-pyrrole nitrogens is 1. The predicted octanol–water partition coefficient (Wildman–Crippen LogP) is 3.34. The molecule has 1 aromatic carbocycles. The molecule has 0 atom stereocenters. The fourth-order valence-electron chi connectivity index (χ4n) is 4.45. The monoisotopic (exact) mass is 467 g/mol. The SMILES string of the molecule is N#Cc1ccc2[nH]cc(CCCN3CCN(c4ncc(-c5cccc(C(=O)O)n5)cn4)CC3)c2c1. The van der Waals surface area contributed by atoms with E-state index in [1.165, 1.54) is 11.6 Å². The van der Waals surface area contributed by atoms with Gasteiger partial charge in [0.15, 0.2) is 0 Å². The van der Waals surface area contributed by atoms with Crippen LogP contribution in [0, 0.1) is 11.3 Å². The lowest BCUT2D eigenvalue weighted by molar-refractivity contribution is 0.0690. The molecule has 9 nitrogen and oxygen atoms in total. The number of rotatable bonds is 7. The third-order valence-electron chi connectivity index (χ3n) is 6.37. The highest BCUT2D eigenvalue weighted by Gasteiger charge is 2.19. The molecule has 1 fully saturated rings. The minimum absolute atomic E-state index is 0.000639. The summed E-state index contributed by atoms with van der Waals surface area (Å²) >= 11 is 0. The van der Waals surface area contributed by atoms with E-state index in [4.69, 9.17) is 10.4 Å². The number of carboxylic acids is 1. The molecule has 0 amide bonds. The number of piperazine rings is 1. The summed E-state index contributed by atoms with van der Waals surface area (Å²) in [7, 11) is 0. The molecule has 0 bridgehead atoms. The number of aromatic carboxylic acids is 1. The van der Waals surface area contributed by atoms with Crippen molar-refractivity contribution in [3.63, 3.8) is 0 Å². The van der Waals surface area contributed by atoms with Crippen LogP contribution in [0.4, 0.5) is 5.95 Å². The minimum atomic E-state index is -1.06. The molecule has 9 heteroatoms. The van der Waals surface area contributed by atoms with Gasteiger partial charge in [0, 0.05) is 61.2 Å². The normalized spacial score (nSPS) is 14.2. The number of nitrogens with zero attached hydrogens (tertiary/aromatic N) is 6.